The SMILES string of the molecule is CCCCNC(=O)C(=O)N/N=C\c1c(OCc2ccccc2F)ccc2ccccc12. The molecule has 0 spiro atoms. The van der Waals surface area contributed by atoms with Gasteiger partial charge in [-0.15, -0.1) is 0 Å². The lowest BCUT2D eigenvalue weighted by Crippen LogP contribution is -2.38. The standard InChI is InChI=1S/C24H24FN3O3/c1-2-3-14-26-23(29)24(30)28-27-15-20-19-10-6-4-8-17(19)12-13-22(20)31-16-18-9-5-7-11-21(18)25/h4-13,15H,2-3,14,16H2,1H3,(H,26,29)(H,28,30)/b27-15-. The van der Waals surface area contributed by atoms with Crippen LogP contribution >= 0.6 is 0 Å². The van der Waals surface area contributed by atoms with Gasteiger partial charge in [-0.3, -0.25) is 9.59 Å². The van der Waals surface area contributed by atoms with E-state index in [2.05, 4.69) is 15.8 Å². The number of benzene rings is 3. The van der Waals surface area contributed by atoms with Gasteiger partial charge in [0, 0.05) is 17.7 Å². The van der Waals surface area contributed by atoms with Gasteiger partial charge >= 0.3 is 11.8 Å². The fraction of sp³-hybridized carbons (Fsp3) is 0.208. The van der Waals surface area contributed by atoms with Gasteiger partial charge in [-0.1, -0.05) is 61.9 Å². The molecular weight excluding hydrogens is 397 g/mol. The largest absolute Gasteiger partial charge is 0.488 e. The highest BCUT2D eigenvalue weighted by molar-refractivity contribution is 6.35. The molecule has 0 aliphatic heterocycles. The molecule has 0 aliphatic rings. The van der Waals surface area contributed by atoms with E-state index in [0.29, 0.717) is 23.4 Å². The summed E-state index contributed by atoms with van der Waals surface area (Å²) in [6, 6.07) is 17.7. The Morgan fingerprint density at radius 1 is 1.03 bits per heavy atom. The minimum absolute atomic E-state index is 0.0397. The van der Waals surface area contributed by atoms with Crippen molar-refractivity contribution in [1.29, 1.82) is 0 Å². The number of halogens is 1. The molecule has 0 aliphatic carbocycles. The Labute approximate surface area is 180 Å². The van der Waals surface area contributed by atoms with E-state index in [9.17, 15) is 14.0 Å². The number of ether oxygens (including phenoxy) is 1. The Kier molecular flexibility index (Phi) is 7.70. The normalized spacial score (nSPS) is 10.9. The fourth-order valence-corrected chi connectivity index (χ4v) is 2.97. The van der Waals surface area contributed by atoms with Crippen molar-refractivity contribution >= 4 is 28.8 Å². The predicted octanol–water partition coefficient (Wildman–Crippen LogP) is 3.92. The van der Waals surface area contributed by atoms with Crippen molar-refractivity contribution in [3.05, 3.63) is 77.6 Å². The zero-order chi connectivity index (χ0) is 22.1. The number of fused-ring (bicyclic) bond motifs is 1. The van der Waals surface area contributed by atoms with Crippen molar-refractivity contribution in [2.24, 2.45) is 5.10 Å². The summed E-state index contributed by atoms with van der Waals surface area (Å²) in [5, 5.41) is 8.26. The Hall–Kier alpha value is -3.74. The quantitative estimate of drug-likeness (QED) is 0.250. The fourth-order valence-electron chi connectivity index (χ4n) is 2.97. The number of hydrazone groups is 1. The molecule has 0 heterocycles. The van der Waals surface area contributed by atoms with E-state index < -0.39 is 11.8 Å². The summed E-state index contributed by atoms with van der Waals surface area (Å²) in [7, 11) is 0. The molecule has 0 saturated heterocycles. The number of carbonyl (C=O) groups excluding carboxylic acids is 2. The number of unbranched alkanes of at least 4 members (excludes halogenated alkanes) is 1. The zero-order valence-electron chi connectivity index (χ0n) is 17.2. The number of rotatable bonds is 8. The van der Waals surface area contributed by atoms with E-state index in [0.717, 1.165) is 23.6 Å². The number of nitrogens with zero attached hydrogens (tertiary/aromatic N) is 1. The summed E-state index contributed by atoms with van der Waals surface area (Å²) in [5.74, 6) is -1.45. The number of hydrogen-bond acceptors (Lipinski definition) is 4. The Balaban J connectivity index is 1.78. The van der Waals surface area contributed by atoms with Crippen molar-refractivity contribution in [2.45, 2.75) is 26.4 Å². The van der Waals surface area contributed by atoms with Crippen LogP contribution in [0.15, 0.2) is 65.8 Å². The average molecular weight is 421 g/mol. The second kappa shape index (κ2) is 10.9. The van der Waals surface area contributed by atoms with Gasteiger partial charge in [0.25, 0.3) is 0 Å². The highest BCUT2D eigenvalue weighted by atomic mass is 19.1. The van der Waals surface area contributed by atoms with Crippen LogP contribution in [0.25, 0.3) is 10.8 Å². The maximum Gasteiger partial charge on any atom is 0.329 e. The number of carbonyl (C=O) groups is 2. The molecule has 3 aromatic rings. The summed E-state index contributed by atoms with van der Waals surface area (Å²) >= 11 is 0. The molecule has 0 unspecified atom stereocenters. The van der Waals surface area contributed by atoms with Crippen LogP contribution < -0.4 is 15.5 Å². The third-order valence-corrected chi connectivity index (χ3v) is 4.65. The summed E-state index contributed by atoms with van der Waals surface area (Å²) in [4.78, 5) is 23.7. The molecule has 6 nitrogen and oxygen atoms in total. The topological polar surface area (TPSA) is 79.8 Å². The Morgan fingerprint density at radius 3 is 2.61 bits per heavy atom. The van der Waals surface area contributed by atoms with Gasteiger partial charge in [0.15, 0.2) is 0 Å². The second-order valence-electron chi connectivity index (χ2n) is 6.89. The minimum atomic E-state index is -0.846. The molecule has 31 heavy (non-hydrogen) atoms. The molecule has 7 heteroatoms. The Bertz CT molecular complexity index is 1100. The molecule has 0 fully saturated rings. The molecule has 0 bridgehead atoms. The van der Waals surface area contributed by atoms with Gasteiger partial charge in [0.05, 0.1) is 6.21 Å². The van der Waals surface area contributed by atoms with Gasteiger partial charge in [0.1, 0.15) is 18.2 Å². The number of amides is 2. The minimum Gasteiger partial charge on any atom is -0.488 e. The smallest absolute Gasteiger partial charge is 0.329 e. The molecule has 2 amide bonds. The maximum atomic E-state index is 13.9. The van der Waals surface area contributed by atoms with Crippen LogP contribution in [0.1, 0.15) is 30.9 Å². The van der Waals surface area contributed by atoms with Crippen molar-refractivity contribution in [1.82, 2.24) is 10.7 Å². The van der Waals surface area contributed by atoms with Crippen LogP contribution in [0.5, 0.6) is 5.75 Å². The summed E-state index contributed by atoms with van der Waals surface area (Å²) in [5.41, 5.74) is 3.27. The molecule has 0 radical (unpaired) electrons. The van der Waals surface area contributed by atoms with Crippen LogP contribution in [0.2, 0.25) is 0 Å². The van der Waals surface area contributed by atoms with Crippen molar-refractivity contribution in [2.75, 3.05) is 6.54 Å². The lowest BCUT2D eigenvalue weighted by Gasteiger charge is -2.12. The third kappa shape index (κ3) is 5.88. The maximum absolute atomic E-state index is 13.9. The van der Waals surface area contributed by atoms with Gasteiger partial charge in [0.2, 0.25) is 0 Å². The van der Waals surface area contributed by atoms with Crippen LogP contribution in [0.3, 0.4) is 0 Å². The monoisotopic (exact) mass is 421 g/mol. The van der Waals surface area contributed by atoms with Crippen LogP contribution in [-0.2, 0) is 16.2 Å². The molecule has 3 rings (SSSR count). The molecule has 2 N–H and O–H groups in total. The zero-order valence-corrected chi connectivity index (χ0v) is 17.2. The second-order valence-corrected chi connectivity index (χ2v) is 6.89. The highest BCUT2D eigenvalue weighted by Gasteiger charge is 2.12. The van der Waals surface area contributed by atoms with E-state index in [4.69, 9.17) is 4.74 Å². The lowest BCUT2D eigenvalue weighted by atomic mass is 10.0. The molecule has 0 saturated carbocycles. The van der Waals surface area contributed by atoms with Gasteiger partial charge < -0.3 is 10.1 Å². The molecule has 0 aromatic heterocycles. The average Bonchev–Trinajstić information content (AvgIpc) is 2.79. The molecule has 3 aromatic carbocycles. The van der Waals surface area contributed by atoms with E-state index in [-0.39, 0.29) is 12.4 Å². The van der Waals surface area contributed by atoms with Crippen molar-refractivity contribution < 1.29 is 18.7 Å². The Morgan fingerprint density at radius 2 is 1.81 bits per heavy atom. The summed E-state index contributed by atoms with van der Waals surface area (Å²) in [6.45, 7) is 2.47. The number of nitrogens with one attached hydrogen (secondary N) is 2. The van der Waals surface area contributed by atoms with Crippen molar-refractivity contribution in [3.8, 4) is 5.75 Å². The lowest BCUT2D eigenvalue weighted by molar-refractivity contribution is -0.139. The highest BCUT2D eigenvalue weighted by Crippen LogP contribution is 2.27. The van der Waals surface area contributed by atoms with Crippen LogP contribution in [0.4, 0.5) is 4.39 Å². The van der Waals surface area contributed by atoms with Gasteiger partial charge in [-0.05, 0) is 29.3 Å². The van der Waals surface area contributed by atoms with Gasteiger partial charge in [-0.2, -0.15) is 5.10 Å². The number of hydrogen-bond donors (Lipinski definition) is 2. The van der Waals surface area contributed by atoms with Crippen molar-refractivity contribution in [3.63, 3.8) is 0 Å². The van der Waals surface area contributed by atoms with Gasteiger partial charge in [-0.25, -0.2) is 9.82 Å². The molecule has 0 atom stereocenters. The third-order valence-electron chi connectivity index (χ3n) is 4.65. The molecule has 160 valence electrons. The molecular formula is C24H24FN3O3. The summed E-state index contributed by atoms with van der Waals surface area (Å²) in [6.07, 6.45) is 3.13. The first-order valence-electron chi connectivity index (χ1n) is 10.1. The first kappa shape index (κ1) is 22.0. The first-order chi connectivity index (χ1) is 15.1. The van der Waals surface area contributed by atoms with E-state index in [1.54, 1.807) is 24.3 Å². The van der Waals surface area contributed by atoms with E-state index >= 15 is 0 Å². The summed E-state index contributed by atoms with van der Waals surface area (Å²) < 4.78 is 19.8. The van der Waals surface area contributed by atoms with E-state index in [1.807, 2.05) is 37.3 Å². The van der Waals surface area contributed by atoms with Crippen LogP contribution in [-0.4, -0.2) is 24.6 Å². The van der Waals surface area contributed by atoms with E-state index in [1.165, 1.54) is 12.3 Å². The predicted molar refractivity (Wildman–Crippen MR) is 118 cm³/mol. The van der Waals surface area contributed by atoms with Crippen LogP contribution in [0, 0.1) is 5.82 Å². The first-order valence-corrected chi connectivity index (χ1v) is 10.1.